The molecule has 0 spiro atoms. The lowest BCUT2D eigenvalue weighted by molar-refractivity contribution is -0.118. The van der Waals surface area contributed by atoms with Crippen LogP contribution in [0.3, 0.4) is 0 Å². The molecular formula is C22H32N4O3. The first kappa shape index (κ1) is 20.2. The molecule has 4 rings (SSSR count). The van der Waals surface area contributed by atoms with Crippen LogP contribution in [-0.2, 0) is 22.6 Å². The summed E-state index contributed by atoms with van der Waals surface area (Å²) < 4.78 is 12.9. The number of hydrogen-bond donors (Lipinski definition) is 1. The molecule has 158 valence electrons. The van der Waals surface area contributed by atoms with Gasteiger partial charge < -0.3 is 19.8 Å². The zero-order chi connectivity index (χ0) is 20.2. The molecule has 1 atom stereocenters. The summed E-state index contributed by atoms with van der Waals surface area (Å²) in [5.74, 6) is 0.506. The highest BCUT2D eigenvalue weighted by atomic mass is 16.5. The van der Waals surface area contributed by atoms with E-state index in [0.717, 1.165) is 62.6 Å². The Bertz CT molecular complexity index is 844. The zero-order valence-corrected chi connectivity index (χ0v) is 17.3. The van der Waals surface area contributed by atoms with E-state index in [4.69, 9.17) is 15.2 Å². The van der Waals surface area contributed by atoms with E-state index in [-0.39, 0.29) is 12.5 Å². The lowest BCUT2D eigenvalue weighted by Crippen LogP contribution is -2.49. The van der Waals surface area contributed by atoms with Crippen molar-refractivity contribution in [2.75, 3.05) is 46.5 Å². The Morgan fingerprint density at radius 2 is 2.07 bits per heavy atom. The van der Waals surface area contributed by atoms with Gasteiger partial charge in [0, 0.05) is 49.3 Å². The number of amides is 1. The second-order valence-corrected chi connectivity index (χ2v) is 8.16. The van der Waals surface area contributed by atoms with Gasteiger partial charge >= 0.3 is 0 Å². The summed E-state index contributed by atoms with van der Waals surface area (Å²) >= 11 is 0. The molecule has 2 fully saturated rings. The molecule has 2 saturated heterocycles. The largest absolute Gasteiger partial charge is 0.497 e. The number of primary amides is 1. The molecule has 2 aromatic rings. The number of carbonyl (C=O) groups excluding carboxylic acids is 1. The quantitative estimate of drug-likeness (QED) is 0.768. The average Bonchev–Trinajstić information content (AvgIpc) is 3.06. The molecule has 2 aliphatic heterocycles. The van der Waals surface area contributed by atoms with E-state index in [0.29, 0.717) is 6.04 Å². The average molecular weight is 401 g/mol. The normalized spacial score (nSPS) is 21.5. The lowest BCUT2D eigenvalue weighted by Gasteiger charge is -2.39. The van der Waals surface area contributed by atoms with E-state index in [1.54, 1.807) is 7.11 Å². The second kappa shape index (κ2) is 9.15. The van der Waals surface area contributed by atoms with Gasteiger partial charge in [-0.25, -0.2) is 0 Å². The number of benzene rings is 1. The molecule has 1 aromatic carbocycles. The van der Waals surface area contributed by atoms with Crippen LogP contribution in [0.25, 0.3) is 10.9 Å². The van der Waals surface area contributed by atoms with Crippen LogP contribution in [0.1, 0.15) is 24.8 Å². The van der Waals surface area contributed by atoms with Crippen molar-refractivity contribution in [3.05, 3.63) is 30.0 Å². The number of carbonyl (C=O) groups is 1. The number of methoxy groups -OCH3 is 1. The van der Waals surface area contributed by atoms with Crippen molar-refractivity contribution in [1.82, 2.24) is 14.4 Å². The Morgan fingerprint density at radius 1 is 1.24 bits per heavy atom. The van der Waals surface area contributed by atoms with E-state index >= 15 is 0 Å². The van der Waals surface area contributed by atoms with Gasteiger partial charge in [-0.3, -0.25) is 14.6 Å². The van der Waals surface area contributed by atoms with E-state index in [9.17, 15) is 4.79 Å². The third kappa shape index (κ3) is 4.74. The summed E-state index contributed by atoms with van der Waals surface area (Å²) in [6, 6.07) is 6.58. The highest BCUT2D eigenvalue weighted by Crippen LogP contribution is 2.29. The number of nitrogens with zero attached hydrogens (tertiary/aromatic N) is 3. The maximum absolute atomic E-state index is 11.6. The smallest absolute Gasteiger partial charge is 0.237 e. The number of hydrogen-bond acceptors (Lipinski definition) is 5. The SMILES string of the molecule is COc1ccc2c(c1)c(CN1CCCC[C@@H]1CN1CCOCC1)cn2CC(N)=O. The molecule has 0 unspecified atom stereocenters. The minimum absolute atomic E-state index is 0.194. The van der Waals surface area contributed by atoms with Crippen molar-refractivity contribution in [1.29, 1.82) is 0 Å². The topological polar surface area (TPSA) is 73.0 Å². The van der Waals surface area contributed by atoms with Gasteiger partial charge in [0.25, 0.3) is 0 Å². The number of ether oxygens (including phenoxy) is 2. The molecule has 7 nitrogen and oxygen atoms in total. The number of fused-ring (bicyclic) bond motifs is 1. The standard InChI is InChI=1S/C22H32N4O3/c1-28-19-5-6-21-20(12-19)17(14-26(21)16-22(23)27)13-25-7-3-2-4-18(25)15-24-8-10-29-11-9-24/h5-6,12,14,18H,2-4,7-11,13,15-16H2,1H3,(H2,23,27)/t18-/m1/s1. The summed E-state index contributed by atoms with van der Waals surface area (Å²) in [5, 5.41) is 1.14. The van der Waals surface area contributed by atoms with Crippen LogP contribution in [-0.4, -0.2) is 72.8 Å². The van der Waals surface area contributed by atoms with Gasteiger partial charge in [0.15, 0.2) is 0 Å². The summed E-state index contributed by atoms with van der Waals surface area (Å²) in [5.41, 5.74) is 7.74. The van der Waals surface area contributed by atoms with Crippen LogP contribution < -0.4 is 10.5 Å². The first-order valence-corrected chi connectivity index (χ1v) is 10.6. The maximum Gasteiger partial charge on any atom is 0.237 e. The van der Waals surface area contributed by atoms with E-state index in [1.165, 1.54) is 24.8 Å². The molecular weight excluding hydrogens is 368 g/mol. The highest BCUT2D eigenvalue weighted by molar-refractivity contribution is 5.87. The molecule has 2 N–H and O–H groups in total. The van der Waals surface area contributed by atoms with Gasteiger partial charge in [-0.05, 0) is 43.1 Å². The van der Waals surface area contributed by atoms with Gasteiger partial charge in [-0.2, -0.15) is 0 Å². The molecule has 3 heterocycles. The first-order chi connectivity index (χ1) is 14.1. The fourth-order valence-electron chi connectivity index (χ4n) is 4.68. The zero-order valence-electron chi connectivity index (χ0n) is 17.3. The number of morpholine rings is 1. The van der Waals surface area contributed by atoms with Gasteiger partial charge in [-0.15, -0.1) is 0 Å². The van der Waals surface area contributed by atoms with Crippen LogP contribution in [0.5, 0.6) is 5.75 Å². The van der Waals surface area contributed by atoms with Crippen molar-refractivity contribution >= 4 is 16.8 Å². The maximum atomic E-state index is 11.6. The van der Waals surface area contributed by atoms with Crippen molar-refractivity contribution in [3.63, 3.8) is 0 Å². The lowest BCUT2D eigenvalue weighted by atomic mass is 10.00. The Morgan fingerprint density at radius 3 is 2.83 bits per heavy atom. The third-order valence-electron chi connectivity index (χ3n) is 6.19. The molecule has 7 heteroatoms. The minimum Gasteiger partial charge on any atom is -0.497 e. The van der Waals surface area contributed by atoms with Crippen LogP contribution in [0, 0.1) is 0 Å². The fraction of sp³-hybridized carbons (Fsp3) is 0.591. The monoisotopic (exact) mass is 400 g/mol. The second-order valence-electron chi connectivity index (χ2n) is 8.16. The van der Waals surface area contributed by atoms with Crippen molar-refractivity contribution < 1.29 is 14.3 Å². The predicted molar refractivity (Wildman–Crippen MR) is 113 cm³/mol. The van der Waals surface area contributed by atoms with E-state index in [2.05, 4.69) is 22.1 Å². The van der Waals surface area contributed by atoms with Crippen LogP contribution in [0.4, 0.5) is 0 Å². The number of rotatable bonds is 7. The van der Waals surface area contributed by atoms with E-state index in [1.807, 2.05) is 16.7 Å². The fourth-order valence-corrected chi connectivity index (χ4v) is 4.68. The molecule has 0 saturated carbocycles. The summed E-state index contributed by atoms with van der Waals surface area (Å²) in [6.07, 6.45) is 5.86. The Kier molecular flexibility index (Phi) is 6.37. The highest BCUT2D eigenvalue weighted by Gasteiger charge is 2.26. The summed E-state index contributed by atoms with van der Waals surface area (Å²) in [7, 11) is 1.68. The summed E-state index contributed by atoms with van der Waals surface area (Å²) in [4.78, 5) is 16.7. The molecule has 1 amide bonds. The number of likely N-dealkylation sites (tertiary alicyclic amines) is 1. The molecule has 0 aliphatic carbocycles. The summed E-state index contributed by atoms with van der Waals surface area (Å²) in [6.45, 7) is 7.03. The van der Waals surface area contributed by atoms with Crippen molar-refractivity contribution in [3.8, 4) is 5.75 Å². The van der Waals surface area contributed by atoms with Crippen LogP contribution >= 0.6 is 0 Å². The predicted octanol–water partition coefficient (Wildman–Crippen LogP) is 1.82. The molecule has 0 bridgehead atoms. The molecule has 29 heavy (non-hydrogen) atoms. The Labute approximate surface area is 172 Å². The molecule has 2 aliphatic rings. The number of aromatic nitrogens is 1. The third-order valence-corrected chi connectivity index (χ3v) is 6.19. The van der Waals surface area contributed by atoms with Gasteiger partial charge in [0.2, 0.25) is 5.91 Å². The minimum atomic E-state index is -0.326. The van der Waals surface area contributed by atoms with E-state index < -0.39 is 0 Å². The molecule has 0 radical (unpaired) electrons. The Hall–Kier alpha value is -2.09. The number of nitrogens with two attached hydrogens (primary N) is 1. The van der Waals surface area contributed by atoms with Crippen LogP contribution in [0.15, 0.2) is 24.4 Å². The number of piperidine rings is 1. The molecule has 1 aromatic heterocycles. The van der Waals surface area contributed by atoms with Gasteiger partial charge in [0.05, 0.1) is 20.3 Å². The van der Waals surface area contributed by atoms with Crippen LogP contribution in [0.2, 0.25) is 0 Å². The van der Waals surface area contributed by atoms with Gasteiger partial charge in [0.1, 0.15) is 12.3 Å². The van der Waals surface area contributed by atoms with Gasteiger partial charge in [-0.1, -0.05) is 6.42 Å². The van der Waals surface area contributed by atoms with Crippen molar-refractivity contribution in [2.45, 2.75) is 38.4 Å². The first-order valence-electron chi connectivity index (χ1n) is 10.6. The Balaban J connectivity index is 1.58. The van der Waals surface area contributed by atoms with Crippen molar-refractivity contribution in [2.24, 2.45) is 5.73 Å².